The van der Waals surface area contributed by atoms with E-state index in [9.17, 15) is 0 Å². The fourth-order valence-corrected chi connectivity index (χ4v) is 2.21. The maximum atomic E-state index is 8.86. The van der Waals surface area contributed by atoms with Crippen molar-refractivity contribution in [3.8, 4) is 17.6 Å². The molecule has 108 valence electrons. The monoisotopic (exact) mass is 275 g/mol. The Balaban J connectivity index is 1.83. The zero-order valence-electron chi connectivity index (χ0n) is 12.1. The Kier molecular flexibility index (Phi) is 5.22. The molecule has 1 aliphatic rings. The van der Waals surface area contributed by atoms with Crippen LogP contribution in [0.3, 0.4) is 0 Å². The topological polar surface area (TPSA) is 48.7 Å². The zero-order chi connectivity index (χ0) is 14.4. The van der Waals surface area contributed by atoms with Gasteiger partial charge in [-0.05, 0) is 19.2 Å². The molecule has 1 aromatic carbocycles. The minimum absolute atomic E-state index is 0.577. The molecule has 0 bridgehead atoms. The second-order valence-electron chi connectivity index (χ2n) is 4.97. The van der Waals surface area contributed by atoms with Crippen molar-refractivity contribution < 1.29 is 9.47 Å². The van der Waals surface area contributed by atoms with Gasteiger partial charge in [0.1, 0.15) is 6.61 Å². The number of benzene rings is 1. The Morgan fingerprint density at radius 3 is 2.60 bits per heavy atom. The normalized spacial score (nSPS) is 16.6. The lowest BCUT2D eigenvalue weighted by Crippen LogP contribution is -2.45. The molecular formula is C15H21N3O2. The van der Waals surface area contributed by atoms with Gasteiger partial charge in [-0.3, -0.25) is 4.90 Å². The molecule has 0 saturated carbocycles. The van der Waals surface area contributed by atoms with Crippen LogP contribution in [0.5, 0.6) is 11.5 Å². The van der Waals surface area contributed by atoms with Crippen LogP contribution in [0.2, 0.25) is 0 Å². The predicted molar refractivity (Wildman–Crippen MR) is 77.1 cm³/mol. The van der Waals surface area contributed by atoms with Crippen molar-refractivity contribution in [1.29, 1.82) is 5.26 Å². The molecule has 5 nitrogen and oxygen atoms in total. The summed E-state index contributed by atoms with van der Waals surface area (Å²) in [5.41, 5.74) is 0.577. The Labute approximate surface area is 120 Å². The van der Waals surface area contributed by atoms with Gasteiger partial charge < -0.3 is 14.4 Å². The Morgan fingerprint density at radius 2 is 1.95 bits per heavy atom. The maximum absolute atomic E-state index is 8.86. The van der Waals surface area contributed by atoms with Crippen LogP contribution in [-0.4, -0.2) is 63.3 Å². The molecule has 2 rings (SSSR count). The van der Waals surface area contributed by atoms with E-state index >= 15 is 0 Å². The van der Waals surface area contributed by atoms with Gasteiger partial charge >= 0.3 is 0 Å². The minimum Gasteiger partial charge on any atom is -0.493 e. The molecule has 0 amide bonds. The lowest BCUT2D eigenvalue weighted by molar-refractivity contribution is 0.133. The number of ether oxygens (including phenoxy) is 2. The highest BCUT2D eigenvalue weighted by Crippen LogP contribution is 2.27. The molecule has 1 aromatic rings. The minimum atomic E-state index is 0.577. The van der Waals surface area contributed by atoms with Crippen molar-refractivity contribution >= 4 is 0 Å². The third kappa shape index (κ3) is 3.86. The Hall–Kier alpha value is -1.77. The van der Waals surface area contributed by atoms with Crippen molar-refractivity contribution in [2.45, 2.75) is 0 Å². The average Bonchev–Trinajstić information content (AvgIpc) is 2.49. The van der Waals surface area contributed by atoms with E-state index in [-0.39, 0.29) is 0 Å². The standard InChI is InChI=1S/C15H21N3O2/c1-17-5-7-18(8-6-17)9-10-20-14-4-3-13(12-16)11-15(14)19-2/h3-4,11H,5-10H2,1-2H3. The quantitative estimate of drug-likeness (QED) is 0.808. The van der Waals surface area contributed by atoms with Crippen LogP contribution < -0.4 is 9.47 Å². The fourth-order valence-electron chi connectivity index (χ4n) is 2.21. The van der Waals surface area contributed by atoms with E-state index in [1.165, 1.54) is 0 Å². The van der Waals surface area contributed by atoms with Gasteiger partial charge in [0.25, 0.3) is 0 Å². The van der Waals surface area contributed by atoms with Gasteiger partial charge in [0.15, 0.2) is 11.5 Å². The van der Waals surface area contributed by atoms with E-state index in [0.29, 0.717) is 23.7 Å². The molecule has 1 saturated heterocycles. The van der Waals surface area contributed by atoms with Gasteiger partial charge in [-0.1, -0.05) is 0 Å². The smallest absolute Gasteiger partial charge is 0.162 e. The number of hydrogen-bond donors (Lipinski definition) is 0. The second kappa shape index (κ2) is 7.13. The summed E-state index contributed by atoms with van der Waals surface area (Å²) in [6.45, 7) is 5.94. The van der Waals surface area contributed by atoms with Crippen molar-refractivity contribution in [1.82, 2.24) is 9.80 Å². The molecule has 0 spiro atoms. The molecule has 1 fully saturated rings. The predicted octanol–water partition coefficient (Wildman–Crippen LogP) is 1.19. The fraction of sp³-hybridized carbons (Fsp3) is 0.533. The van der Waals surface area contributed by atoms with Crippen LogP contribution in [0.15, 0.2) is 18.2 Å². The van der Waals surface area contributed by atoms with Crippen LogP contribution in [0, 0.1) is 11.3 Å². The summed E-state index contributed by atoms with van der Waals surface area (Å²) in [4.78, 5) is 4.73. The first-order valence-corrected chi connectivity index (χ1v) is 6.85. The van der Waals surface area contributed by atoms with E-state index in [1.54, 1.807) is 25.3 Å². The summed E-state index contributed by atoms with van der Waals surface area (Å²) in [6, 6.07) is 7.33. The van der Waals surface area contributed by atoms with Gasteiger partial charge in [-0.15, -0.1) is 0 Å². The van der Waals surface area contributed by atoms with E-state index < -0.39 is 0 Å². The number of methoxy groups -OCH3 is 1. The van der Waals surface area contributed by atoms with Crippen LogP contribution in [0.25, 0.3) is 0 Å². The number of hydrogen-bond acceptors (Lipinski definition) is 5. The summed E-state index contributed by atoms with van der Waals surface area (Å²) >= 11 is 0. The molecule has 1 aliphatic heterocycles. The van der Waals surface area contributed by atoms with Crippen molar-refractivity contribution in [3.05, 3.63) is 23.8 Å². The first-order chi connectivity index (χ1) is 9.72. The van der Waals surface area contributed by atoms with E-state index in [0.717, 1.165) is 32.7 Å². The van der Waals surface area contributed by atoms with E-state index in [1.807, 2.05) is 0 Å². The molecule has 0 aromatic heterocycles. The first kappa shape index (κ1) is 14.6. The third-order valence-corrected chi connectivity index (χ3v) is 3.55. The van der Waals surface area contributed by atoms with E-state index in [4.69, 9.17) is 14.7 Å². The Bertz CT molecular complexity index is 476. The molecule has 0 atom stereocenters. The number of piperazine rings is 1. The molecule has 0 aliphatic carbocycles. The summed E-state index contributed by atoms with van der Waals surface area (Å²) in [6.07, 6.45) is 0. The van der Waals surface area contributed by atoms with Crippen LogP contribution in [0.4, 0.5) is 0 Å². The van der Waals surface area contributed by atoms with E-state index in [2.05, 4.69) is 22.9 Å². The molecule has 0 N–H and O–H groups in total. The Morgan fingerprint density at radius 1 is 1.20 bits per heavy atom. The van der Waals surface area contributed by atoms with Crippen LogP contribution in [-0.2, 0) is 0 Å². The highest BCUT2D eigenvalue weighted by atomic mass is 16.5. The first-order valence-electron chi connectivity index (χ1n) is 6.85. The summed E-state index contributed by atoms with van der Waals surface area (Å²) in [7, 11) is 3.74. The molecule has 0 radical (unpaired) electrons. The zero-order valence-corrected chi connectivity index (χ0v) is 12.1. The third-order valence-electron chi connectivity index (χ3n) is 3.55. The van der Waals surface area contributed by atoms with Gasteiger partial charge in [-0.2, -0.15) is 5.26 Å². The SMILES string of the molecule is COc1cc(C#N)ccc1OCCN1CCN(C)CC1. The molecule has 1 heterocycles. The number of likely N-dealkylation sites (N-methyl/N-ethyl adjacent to an activating group) is 1. The summed E-state index contributed by atoms with van der Waals surface area (Å²) in [5, 5.41) is 8.86. The summed E-state index contributed by atoms with van der Waals surface area (Å²) < 4.78 is 11.0. The van der Waals surface area contributed by atoms with Gasteiger partial charge in [0, 0.05) is 38.8 Å². The average molecular weight is 275 g/mol. The van der Waals surface area contributed by atoms with Gasteiger partial charge in [0.2, 0.25) is 0 Å². The molecule has 0 unspecified atom stereocenters. The largest absolute Gasteiger partial charge is 0.493 e. The number of rotatable bonds is 5. The van der Waals surface area contributed by atoms with Crippen LogP contribution >= 0.6 is 0 Å². The second-order valence-corrected chi connectivity index (χ2v) is 4.97. The van der Waals surface area contributed by atoms with Gasteiger partial charge in [-0.25, -0.2) is 0 Å². The highest BCUT2D eigenvalue weighted by molar-refractivity contribution is 5.46. The van der Waals surface area contributed by atoms with Crippen LogP contribution in [0.1, 0.15) is 5.56 Å². The number of nitrogens with zero attached hydrogens (tertiary/aromatic N) is 3. The summed E-state index contributed by atoms with van der Waals surface area (Å²) in [5.74, 6) is 1.31. The number of nitriles is 1. The van der Waals surface area contributed by atoms with Gasteiger partial charge in [0.05, 0.1) is 18.7 Å². The van der Waals surface area contributed by atoms with Crippen molar-refractivity contribution in [3.63, 3.8) is 0 Å². The molecule has 5 heteroatoms. The lowest BCUT2D eigenvalue weighted by Gasteiger charge is -2.32. The molecular weight excluding hydrogens is 254 g/mol. The maximum Gasteiger partial charge on any atom is 0.162 e. The highest BCUT2D eigenvalue weighted by Gasteiger charge is 2.13. The van der Waals surface area contributed by atoms with Crippen molar-refractivity contribution in [2.24, 2.45) is 0 Å². The molecule has 20 heavy (non-hydrogen) atoms. The van der Waals surface area contributed by atoms with Crippen molar-refractivity contribution in [2.75, 3.05) is 53.5 Å². The lowest BCUT2D eigenvalue weighted by atomic mass is 10.2.